The topological polar surface area (TPSA) is 121 Å². The highest BCUT2D eigenvalue weighted by atomic mass is 19.1. The van der Waals surface area contributed by atoms with E-state index < -0.39 is 35.2 Å². The van der Waals surface area contributed by atoms with Gasteiger partial charge < -0.3 is 30.7 Å². The van der Waals surface area contributed by atoms with E-state index in [0.29, 0.717) is 24.2 Å². The molecule has 5 N–H and O–H groups in total. The number of carboxylic acid groups (broad SMARTS) is 1. The van der Waals surface area contributed by atoms with Gasteiger partial charge in [0, 0.05) is 36.5 Å². The average molecular weight is 456 g/mol. The summed E-state index contributed by atoms with van der Waals surface area (Å²) in [4.78, 5) is 26.8. The molecule has 0 radical (unpaired) electrons. The second kappa shape index (κ2) is 8.16. The molecule has 172 valence electrons. The van der Waals surface area contributed by atoms with Gasteiger partial charge in [-0.2, -0.15) is 0 Å². The first kappa shape index (κ1) is 22.7. The van der Waals surface area contributed by atoms with Crippen molar-refractivity contribution in [1.29, 1.82) is 0 Å². The fourth-order valence-electron chi connectivity index (χ4n) is 4.43. The zero-order chi connectivity index (χ0) is 24.2. The molecule has 1 aromatic heterocycles. The van der Waals surface area contributed by atoms with Crippen LogP contribution < -0.4 is 26.8 Å². The predicted octanol–water partition coefficient (Wildman–Crippen LogP) is 0.0164. The number of nitrogens with two attached hydrogens (primary N) is 1. The molecule has 2 aromatic carbocycles. The van der Waals surface area contributed by atoms with E-state index in [0.717, 1.165) is 12.3 Å². The Hall–Kier alpha value is -3.44. The normalized spacial score (nSPS) is 14.0. The van der Waals surface area contributed by atoms with Crippen molar-refractivity contribution in [3.8, 4) is 5.69 Å². The fraction of sp³-hybridized carbons (Fsp3) is 0.273. The maximum Gasteiger partial charge on any atom is 0.341 e. The number of fused-ring (bicyclic) bond motifs is 1. The lowest BCUT2D eigenvalue weighted by molar-refractivity contribution is 0.0695. The molecule has 4 rings (SSSR count). The Bertz CT molecular complexity index is 1370. The van der Waals surface area contributed by atoms with Gasteiger partial charge in [-0.15, -0.1) is 0 Å². The number of halogens is 2. The predicted molar refractivity (Wildman–Crippen MR) is 125 cm³/mol. The minimum Gasteiger partial charge on any atom is -0.477 e. The second-order valence-corrected chi connectivity index (χ2v) is 8.23. The number of aliphatic hydroxyl groups is 1. The third-order valence-electron chi connectivity index (χ3n) is 6.29. The van der Waals surface area contributed by atoms with E-state index in [-0.39, 0.29) is 39.4 Å². The summed E-state index contributed by atoms with van der Waals surface area (Å²) < 4.78 is 31.0. The molecule has 1 fully saturated rings. The number of rotatable bonds is 5. The minimum absolute atomic E-state index is 0.0148. The van der Waals surface area contributed by atoms with Crippen LogP contribution in [0.2, 0.25) is 0 Å². The van der Waals surface area contributed by atoms with Crippen molar-refractivity contribution in [2.45, 2.75) is 19.6 Å². The van der Waals surface area contributed by atoms with Crippen molar-refractivity contribution in [1.82, 2.24) is 9.88 Å². The van der Waals surface area contributed by atoms with Crippen molar-refractivity contribution >= 4 is 41.6 Å². The van der Waals surface area contributed by atoms with Gasteiger partial charge in [0.2, 0.25) is 5.43 Å². The molecule has 0 aliphatic carbocycles. The number of benzene rings is 2. The first-order valence-electron chi connectivity index (χ1n) is 10.3. The summed E-state index contributed by atoms with van der Waals surface area (Å²) in [6, 6.07) is 2.50. The van der Waals surface area contributed by atoms with Crippen LogP contribution >= 0.6 is 0 Å². The zero-order valence-electron chi connectivity index (χ0n) is 18.4. The van der Waals surface area contributed by atoms with E-state index in [2.05, 4.69) is 5.32 Å². The Balaban J connectivity index is 2.16. The van der Waals surface area contributed by atoms with Crippen molar-refractivity contribution in [2.24, 2.45) is 0 Å². The molecule has 0 atom stereocenters. The Labute approximate surface area is 188 Å². The van der Waals surface area contributed by atoms with Gasteiger partial charge in [0.15, 0.2) is 0 Å². The lowest BCUT2D eigenvalue weighted by Crippen LogP contribution is -2.58. The molecule has 0 saturated carbocycles. The average Bonchev–Trinajstić information content (AvgIpc) is 2.74. The van der Waals surface area contributed by atoms with Crippen LogP contribution in [-0.4, -0.2) is 54.8 Å². The monoisotopic (exact) mass is 456 g/mol. The number of aromatic nitrogens is 1. The first-order chi connectivity index (χ1) is 15.6. The molecular weight excluding hydrogens is 433 g/mol. The zero-order valence-corrected chi connectivity index (χ0v) is 18.4. The van der Waals surface area contributed by atoms with E-state index in [1.54, 1.807) is 7.85 Å². The third kappa shape index (κ3) is 3.44. The van der Waals surface area contributed by atoms with Crippen LogP contribution in [0, 0.1) is 18.6 Å². The summed E-state index contributed by atoms with van der Waals surface area (Å²) in [6.45, 7) is 1.98. The van der Waals surface area contributed by atoms with Crippen LogP contribution in [0.4, 0.5) is 20.2 Å². The molecular formula is C22H23BF2N4O4. The number of nitrogens with zero attached hydrogens (tertiary/aromatic N) is 2. The number of nitrogen functional groups attached to an aromatic ring is 1. The number of likely N-dealkylation sites (N-methyl/N-ethyl adjacent to an activating group) is 1. The second-order valence-electron chi connectivity index (χ2n) is 8.23. The van der Waals surface area contributed by atoms with Crippen LogP contribution in [0.3, 0.4) is 0 Å². The number of pyridine rings is 1. The molecule has 33 heavy (non-hydrogen) atoms. The van der Waals surface area contributed by atoms with E-state index in [4.69, 9.17) is 5.73 Å². The fourth-order valence-corrected chi connectivity index (χ4v) is 4.43. The summed E-state index contributed by atoms with van der Waals surface area (Å²) in [6.07, 6.45) is 1.11. The Morgan fingerprint density at radius 3 is 2.58 bits per heavy atom. The van der Waals surface area contributed by atoms with Gasteiger partial charge in [-0.3, -0.25) is 4.79 Å². The third-order valence-corrected chi connectivity index (χ3v) is 6.29. The SMILES string of the molecule is Bc1c(N2CC(NC)C2)c(F)c(C)c2c(=O)c(C(=O)O)cn(-c3cc(N)c(F)cc3CO)c12. The molecule has 8 nitrogen and oxygen atoms in total. The molecule has 1 saturated heterocycles. The maximum atomic E-state index is 15.5. The molecule has 0 unspecified atom stereocenters. The number of nitrogens with one attached hydrogen (secondary N) is 1. The van der Waals surface area contributed by atoms with E-state index >= 15 is 4.39 Å². The first-order valence-corrected chi connectivity index (χ1v) is 10.3. The summed E-state index contributed by atoms with van der Waals surface area (Å²) in [5.74, 6) is -2.83. The number of carbonyl (C=O) groups is 1. The van der Waals surface area contributed by atoms with Crippen LogP contribution in [0.15, 0.2) is 23.1 Å². The van der Waals surface area contributed by atoms with Crippen LogP contribution in [0.5, 0.6) is 0 Å². The molecule has 0 bridgehead atoms. The van der Waals surface area contributed by atoms with E-state index in [1.807, 2.05) is 11.9 Å². The highest BCUT2D eigenvalue weighted by Gasteiger charge is 2.32. The summed E-state index contributed by atoms with van der Waals surface area (Å²) >= 11 is 0. The summed E-state index contributed by atoms with van der Waals surface area (Å²) in [5.41, 5.74) is 5.48. The van der Waals surface area contributed by atoms with E-state index in [9.17, 15) is 24.2 Å². The number of anilines is 2. The van der Waals surface area contributed by atoms with Crippen LogP contribution in [-0.2, 0) is 6.61 Å². The number of hydrogen-bond donors (Lipinski definition) is 4. The van der Waals surface area contributed by atoms with Gasteiger partial charge in [0.25, 0.3) is 0 Å². The standard InChI is InChI=1S/C22H23BF2N4O4/c1-9-16-19(17(23)20(18(9)25)28-5-11(6-28)27-2)29(7-12(21(16)31)22(32)33)15-4-14(26)13(24)3-10(15)8-30/h3-4,7,11,27,30H,5-6,8,23,26H2,1-2H3,(H,32,33). The number of hydrogen-bond acceptors (Lipinski definition) is 6. The Morgan fingerprint density at radius 1 is 1.33 bits per heavy atom. The molecule has 1 aliphatic heterocycles. The van der Waals surface area contributed by atoms with Gasteiger partial charge in [0.1, 0.15) is 25.0 Å². The lowest BCUT2D eigenvalue weighted by Gasteiger charge is -2.42. The maximum absolute atomic E-state index is 15.5. The van der Waals surface area contributed by atoms with Crippen molar-refractivity contribution in [3.05, 3.63) is 56.9 Å². The smallest absolute Gasteiger partial charge is 0.341 e. The van der Waals surface area contributed by atoms with Crippen molar-refractivity contribution < 1.29 is 23.8 Å². The number of aliphatic hydroxyl groups excluding tert-OH is 1. The molecule has 3 aromatic rings. The molecule has 1 aliphatic rings. The summed E-state index contributed by atoms with van der Waals surface area (Å²) in [5, 5.41) is 22.5. The minimum atomic E-state index is -1.49. The van der Waals surface area contributed by atoms with Crippen LogP contribution in [0.1, 0.15) is 21.5 Å². The van der Waals surface area contributed by atoms with Gasteiger partial charge in [-0.1, -0.05) is 0 Å². The summed E-state index contributed by atoms with van der Waals surface area (Å²) in [7, 11) is 3.46. The molecule has 11 heteroatoms. The van der Waals surface area contributed by atoms with Crippen molar-refractivity contribution in [3.63, 3.8) is 0 Å². The number of aromatic carboxylic acids is 1. The largest absolute Gasteiger partial charge is 0.477 e. The molecule has 0 spiro atoms. The van der Waals surface area contributed by atoms with Crippen LogP contribution in [0.25, 0.3) is 16.6 Å². The van der Waals surface area contributed by atoms with Gasteiger partial charge in [0.05, 0.1) is 34.6 Å². The Morgan fingerprint density at radius 2 is 2.00 bits per heavy atom. The van der Waals surface area contributed by atoms with Gasteiger partial charge in [-0.25, -0.2) is 13.6 Å². The number of carboxylic acids is 1. The highest BCUT2D eigenvalue weighted by molar-refractivity contribution is 6.42. The number of aryl methyl sites for hydroxylation is 1. The highest BCUT2D eigenvalue weighted by Crippen LogP contribution is 2.32. The van der Waals surface area contributed by atoms with Gasteiger partial charge >= 0.3 is 5.97 Å². The van der Waals surface area contributed by atoms with Gasteiger partial charge in [-0.05, 0) is 31.6 Å². The molecule has 0 amide bonds. The Kier molecular flexibility index (Phi) is 5.63. The lowest BCUT2D eigenvalue weighted by atomic mass is 9.85. The quantitative estimate of drug-likeness (QED) is 0.316. The van der Waals surface area contributed by atoms with Crippen molar-refractivity contribution in [2.75, 3.05) is 30.8 Å². The molecule has 2 heterocycles. The van der Waals surface area contributed by atoms with E-state index in [1.165, 1.54) is 17.6 Å².